The number of hydrogen-bond acceptors (Lipinski definition) is 4. The molecular weight excluding hydrogens is 436 g/mol. The number of allylic oxidation sites excluding steroid dienone is 4. The predicted molar refractivity (Wildman–Crippen MR) is 141 cm³/mol. The van der Waals surface area contributed by atoms with Crippen molar-refractivity contribution in [3.8, 4) is 17.2 Å². The summed E-state index contributed by atoms with van der Waals surface area (Å²) in [5.41, 5.74) is 3.92. The van der Waals surface area contributed by atoms with E-state index in [0.29, 0.717) is 17.1 Å². The highest BCUT2D eigenvalue weighted by Gasteiger charge is 2.42. The van der Waals surface area contributed by atoms with Gasteiger partial charge in [-0.2, -0.15) is 0 Å². The summed E-state index contributed by atoms with van der Waals surface area (Å²) in [6.45, 7) is 10.2. The van der Waals surface area contributed by atoms with Gasteiger partial charge in [-0.1, -0.05) is 53.6 Å². The minimum atomic E-state index is -0.608. The third-order valence-corrected chi connectivity index (χ3v) is 7.20. The minimum absolute atomic E-state index is 0.00672. The van der Waals surface area contributed by atoms with Crippen molar-refractivity contribution in [2.45, 2.75) is 59.0 Å². The molecule has 4 rings (SSSR count). The lowest BCUT2D eigenvalue weighted by Gasteiger charge is -2.38. The molecule has 0 bridgehead atoms. The number of aromatic hydroxyl groups is 1. The highest BCUT2D eigenvalue weighted by Crippen LogP contribution is 2.50. The zero-order valence-electron chi connectivity index (χ0n) is 21.6. The van der Waals surface area contributed by atoms with Crippen molar-refractivity contribution in [1.82, 2.24) is 0 Å². The Hall–Kier alpha value is -3.27. The van der Waals surface area contributed by atoms with Gasteiger partial charge < -0.3 is 14.6 Å². The van der Waals surface area contributed by atoms with Crippen molar-refractivity contribution in [2.75, 3.05) is 7.11 Å². The summed E-state index contributed by atoms with van der Waals surface area (Å²) in [4.78, 5) is 14.5. The topological polar surface area (TPSA) is 55.8 Å². The quantitative estimate of drug-likeness (QED) is 0.349. The monoisotopic (exact) mass is 472 g/mol. The van der Waals surface area contributed by atoms with Crippen molar-refractivity contribution >= 4 is 11.9 Å². The number of benzene rings is 2. The van der Waals surface area contributed by atoms with Crippen molar-refractivity contribution in [2.24, 2.45) is 11.8 Å². The van der Waals surface area contributed by atoms with Gasteiger partial charge in [0.15, 0.2) is 5.78 Å². The third kappa shape index (κ3) is 4.93. The fourth-order valence-corrected chi connectivity index (χ4v) is 5.33. The molecule has 2 aromatic carbocycles. The van der Waals surface area contributed by atoms with Crippen LogP contribution in [-0.2, 0) is 0 Å². The van der Waals surface area contributed by atoms with E-state index in [1.54, 1.807) is 7.11 Å². The van der Waals surface area contributed by atoms with E-state index < -0.39 is 5.60 Å². The number of rotatable bonds is 6. The van der Waals surface area contributed by atoms with Crippen molar-refractivity contribution in [3.63, 3.8) is 0 Å². The number of phenolic OH excluding ortho intramolecular Hbond substituents is 1. The Labute approximate surface area is 209 Å². The van der Waals surface area contributed by atoms with Crippen LogP contribution in [0.4, 0.5) is 0 Å². The molecule has 0 fully saturated rings. The van der Waals surface area contributed by atoms with Gasteiger partial charge in [-0.25, -0.2) is 0 Å². The van der Waals surface area contributed by atoms with E-state index in [9.17, 15) is 9.90 Å². The van der Waals surface area contributed by atoms with Crippen molar-refractivity contribution < 1.29 is 19.4 Å². The number of fused-ring (bicyclic) bond motifs is 1. The molecule has 4 heteroatoms. The van der Waals surface area contributed by atoms with E-state index in [-0.39, 0.29) is 34.8 Å². The average molecular weight is 473 g/mol. The molecule has 1 heterocycles. The number of ether oxygens (including phenoxy) is 2. The molecule has 1 N–H and O–H groups in total. The van der Waals surface area contributed by atoms with Gasteiger partial charge >= 0.3 is 0 Å². The van der Waals surface area contributed by atoms with Gasteiger partial charge in [0, 0.05) is 12.0 Å². The van der Waals surface area contributed by atoms with E-state index in [0.717, 1.165) is 18.4 Å². The summed E-state index contributed by atoms with van der Waals surface area (Å²) < 4.78 is 11.8. The smallest absolute Gasteiger partial charge is 0.174 e. The molecule has 2 aromatic rings. The lowest BCUT2D eigenvalue weighted by Crippen LogP contribution is -2.35. The molecule has 0 saturated heterocycles. The van der Waals surface area contributed by atoms with E-state index in [1.165, 1.54) is 17.2 Å². The van der Waals surface area contributed by atoms with Crippen LogP contribution in [0.3, 0.4) is 0 Å². The molecule has 1 aliphatic carbocycles. The first-order valence-electron chi connectivity index (χ1n) is 12.3. The largest absolute Gasteiger partial charge is 0.507 e. The molecule has 3 atom stereocenters. The maximum absolute atomic E-state index is 14.5. The zero-order chi connectivity index (χ0) is 25.3. The molecule has 0 amide bonds. The van der Waals surface area contributed by atoms with E-state index in [1.807, 2.05) is 44.2 Å². The van der Waals surface area contributed by atoms with Crippen molar-refractivity contribution in [1.29, 1.82) is 0 Å². The van der Waals surface area contributed by atoms with Gasteiger partial charge in [0.2, 0.25) is 0 Å². The summed E-state index contributed by atoms with van der Waals surface area (Å²) >= 11 is 0. The highest BCUT2D eigenvalue weighted by molar-refractivity contribution is 6.05. The highest BCUT2D eigenvalue weighted by atomic mass is 16.5. The number of ketones is 1. The number of phenols is 1. The van der Waals surface area contributed by atoms with Gasteiger partial charge in [0.1, 0.15) is 28.4 Å². The van der Waals surface area contributed by atoms with Gasteiger partial charge in [-0.15, -0.1) is 0 Å². The van der Waals surface area contributed by atoms with Crippen LogP contribution < -0.4 is 9.47 Å². The lowest BCUT2D eigenvalue weighted by atomic mass is 9.65. The lowest BCUT2D eigenvalue weighted by molar-refractivity contribution is 0.0834. The first-order chi connectivity index (χ1) is 16.6. The van der Waals surface area contributed by atoms with Crippen LogP contribution in [0.25, 0.3) is 6.08 Å². The molecular formula is C31H36O4. The van der Waals surface area contributed by atoms with Crippen LogP contribution in [0.2, 0.25) is 0 Å². The second-order valence-electron chi connectivity index (χ2n) is 10.5. The first kappa shape index (κ1) is 24.8. The summed E-state index contributed by atoms with van der Waals surface area (Å²) in [6, 6.07) is 11.8. The molecule has 3 unspecified atom stereocenters. The Morgan fingerprint density at radius 1 is 1.23 bits per heavy atom. The van der Waals surface area contributed by atoms with Gasteiger partial charge in [0.05, 0.1) is 12.7 Å². The number of carbonyl (C=O) groups excluding carboxylic acids is 1. The molecule has 0 radical (unpaired) electrons. The maximum Gasteiger partial charge on any atom is 0.174 e. The van der Waals surface area contributed by atoms with Crippen LogP contribution in [0.15, 0.2) is 65.8 Å². The number of methoxy groups -OCH3 is 1. The average Bonchev–Trinajstić information content (AvgIpc) is 2.82. The standard InChI is InChI=1S/C31H36O4/c1-19(2)12-14-22-20(3)13-15-23(21-10-8-7-9-11-21)27(22)29(33)28-25(32)18-26(34-6)24-16-17-31(4,5)35-30(24)28/h7-13,16-18,22-23,27,32H,14-15H2,1-6H3. The van der Waals surface area contributed by atoms with Crippen molar-refractivity contribution in [3.05, 3.63) is 82.5 Å². The molecule has 0 spiro atoms. The fraction of sp³-hybridized carbons (Fsp3) is 0.387. The molecule has 2 aliphatic rings. The SMILES string of the molecule is COc1cc(O)c(C(=O)C2C(CC=C(C)C)C(C)=CCC2c2ccccc2)c2c1C=CC(C)(C)O2. The predicted octanol–water partition coefficient (Wildman–Crippen LogP) is 7.49. The molecule has 0 aromatic heterocycles. The normalized spacial score (nSPS) is 22.5. The summed E-state index contributed by atoms with van der Waals surface area (Å²) in [5.74, 6) is 0.408. The fourth-order valence-electron chi connectivity index (χ4n) is 5.33. The Morgan fingerprint density at radius 3 is 2.60 bits per heavy atom. The van der Waals surface area contributed by atoms with Crippen LogP contribution in [0.5, 0.6) is 17.2 Å². The maximum atomic E-state index is 14.5. The molecule has 4 nitrogen and oxygen atoms in total. The molecule has 35 heavy (non-hydrogen) atoms. The Morgan fingerprint density at radius 2 is 1.94 bits per heavy atom. The van der Waals surface area contributed by atoms with Gasteiger partial charge in [-0.05, 0) is 77.0 Å². The van der Waals surface area contributed by atoms with Gasteiger partial charge in [-0.3, -0.25) is 4.79 Å². The van der Waals surface area contributed by atoms with Crippen LogP contribution in [-0.4, -0.2) is 23.6 Å². The summed E-state index contributed by atoms with van der Waals surface area (Å²) in [6.07, 6.45) is 9.91. The second-order valence-corrected chi connectivity index (χ2v) is 10.5. The number of hydrogen-bond donors (Lipinski definition) is 1. The Balaban J connectivity index is 1.90. The number of carbonyl (C=O) groups is 1. The van der Waals surface area contributed by atoms with E-state index >= 15 is 0 Å². The van der Waals surface area contributed by atoms with Crippen LogP contribution in [0.1, 0.15) is 74.9 Å². The first-order valence-corrected chi connectivity index (χ1v) is 12.3. The van der Waals surface area contributed by atoms with E-state index in [4.69, 9.17) is 9.47 Å². The Bertz CT molecular complexity index is 1200. The molecule has 1 aliphatic heterocycles. The molecule has 184 valence electrons. The minimum Gasteiger partial charge on any atom is -0.507 e. The van der Waals surface area contributed by atoms with Crippen LogP contribution in [0, 0.1) is 11.8 Å². The number of Topliss-reactive ketones (excluding diaryl/α,β-unsaturated/α-hetero) is 1. The zero-order valence-corrected chi connectivity index (χ0v) is 21.6. The van der Waals surface area contributed by atoms with Crippen LogP contribution >= 0.6 is 0 Å². The van der Waals surface area contributed by atoms with E-state index in [2.05, 4.69) is 45.1 Å². The van der Waals surface area contributed by atoms with Gasteiger partial charge in [0.25, 0.3) is 0 Å². The summed E-state index contributed by atoms with van der Waals surface area (Å²) in [5, 5.41) is 11.1. The second kappa shape index (κ2) is 9.77. The molecule has 0 saturated carbocycles. The summed E-state index contributed by atoms with van der Waals surface area (Å²) in [7, 11) is 1.56. The Kier molecular flexibility index (Phi) is 6.93. The third-order valence-electron chi connectivity index (χ3n) is 7.20.